The van der Waals surface area contributed by atoms with Crippen LogP contribution in [0.1, 0.15) is 56.4 Å². The molecule has 0 saturated carbocycles. The van der Waals surface area contributed by atoms with Crippen LogP contribution < -0.4 is 11.5 Å². The van der Waals surface area contributed by atoms with Crippen molar-refractivity contribution in [3.63, 3.8) is 0 Å². The Hall–Kier alpha value is -1.18. The van der Waals surface area contributed by atoms with E-state index in [9.17, 15) is 0 Å². The molecule has 2 heteroatoms. The third-order valence-electron chi connectivity index (χ3n) is 4.29. The molecule has 0 saturated heterocycles. The average Bonchev–Trinajstić information content (AvgIpc) is 2.56. The molecule has 0 amide bonds. The van der Waals surface area contributed by atoms with Gasteiger partial charge in [-0.25, -0.2) is 0 Å². The maximum absolute atomic E-state index is 6.37. The predicted octanol–water partition coefficient (Wildman–Crippen LogP) is 3.20. The molecule has 1 aromatic carbocycles. The van der Waals surface area contributed by atoms with Crippen LogP contribution >= 0.6 is 0 Å². The first-order chi connectivity index (χ1) is 7.94. The Morgan fingerprint density at radius 1 is 1.00 bits per heavy atom. The van der Waals surface area contributed by atoms with E-state index >= 15 is 0 Å². The molecule has 1 aliphatic carbocycles. The smallest absolute Gasteiger partial charge is 0.0408 e. The molecule has 2 nitrogen and oxygen atoms in total. The maximum atomic E-state index is 6.37. The highest BCUT2D eigenvalue weighted by atomic mass is 14.7. The fraction of sp³-hybridized carbons (Fsp3) is 0.600. The molecular formula is C15H24N2. The Kier molecular flexibility index (Phi) is 2.84. The van der Waals surface area contributed by atoms with Crippen molar-refractivity contribution in [2.24, 2.45) is 0 Å². The van der Waals surface area contributed by atoms with Crippen molar-refractivity contribution in [3.8, 4) is 0 Å². The minimum Gasteiger partial charge on any atom is -0.398 e. The van der Waals surface area contributed by atoms with Gasteiger partial charge in [0.15, 0.2) is 0 Å². The lowest BCUT2D eigenvalue weighted by Gasteiger charge is -2.25. The lowest BCUT2D eigenvalue weighted by Crippen LogP contribution is -2.17. The van der Waals surface area contributed by atoms with Gasteiger partial charge in [-0.2, -0.15) is 0 Å². The minimum atomic E-state index is 0.209. The Bertz CT molecular complexity index is 459. The monoisotopic (exact) mass is 232 g/mol. The van der Waals surface area contributed by atoms with E-state index in [0.29, 0.717) is 0 Å². The summed E-state index contributed by atoms with van der Waals surface area (Å²) in [6.07, 6.45) is 4.25. The van der Waals surface area contributed by atoms with Crippen LogP contribution in [0.15, 0.2) is 0 Å². The van der Waals surface area contributed by atoms with Crippen LogP contribution in [0.3, 0.4) is 0 Å². The zero-order valence-corrected chi connectivity index (χ0v) is 11.5. The van der Waals surface area contributed by atoms with Crippen molar-refractivity contribution in [1.29, 1.82) is 0 Å². The number of rotatable bonds is 2. The third kappa shape index (κ3) is 1.62. The van der Waals surface area contributed by atoms with Crippen LogP contribution in [-0.4, -0.2) is 0 Å². The molecule has 4 N–H and O–H groups in total. The SMILES string of the molecule is CCc1c(N)c(CC)c2c(c1N)C(C)(C)CC2. The minimum absolute atomic E-state index is 0.209. The van der Waals surface area contributed by atoms with Crippen LogP contribution in [0.2, 0.25) is 0 Å². The van der Waals surface area contributed by atoms with Crippen LogP contribution in [0, 0.1) is 0 Å². The van der Waals surface area contributed by atoms with Gasteiger partial charge in [0.05, 0.1) is 0 Å². The van der Waals surface area contributed by atoms with Crippen molar-refractivity contribution in [2.45, 2.75) is 58.8 Å². The quantitative estimate of drug-likeness (QED) is 0.769. The topological polar surface area (TPSA) is 52.0 Å². The van der Waals surface area contributed by atoms with Crippen LogP contribution in [0.25, 0.3) is 0 Å². The first-order valence-corrected chi connectivity index (χ1v) is 6.66. The molecule has 0 heterocycles. The summed E-state index contributed by atoms with van der Waals surface area (Å²) in [7, 11) is 0. The largest absolute Gasteiger partial charge is 0.398 e. The van der Waals surface area contributed by atoms with Gasteiger partial charge in [-0.05, 0) is 53.4 Å². The summed E-state index contributed by atoms with van der Waals surface area (Å²) in [6.45, 7) is 8.91. The molecular weight excluding hydrogens is 208 g/mol. The van der Waals surface area contributed by atoms with Gasteiger partial charge in [0.2, 0.25) is 0 Å². The molecule has 0 aromatic heterocycles. The molecule has 0 spiro atoms. The third-order valence-corrected chi connectivity index (χ3v) is 4.29. The summed E-state index contributed by atoms with van der Waals surface area (Å²) in [5.74, 6) is 0. The van der Waals surface area contributed by atoms with Gasteiger partial charge in [0, 0.05) is 11.4 Å². The second-order valence-corrected chi connectivity index (χ2v) is 5.73. The van der Waals surface area contributed by atoms with E-state index in [2.05, 4.69) is 27.7 Å². The second kappa shape index (κ2) is 3.94. The maximum Gasteiger partial charge on any atom is 0.0408 e. The van der Waals surface area contributed by atoms with Crippen molar-refractivity contribution in [2.75, 3.05) is 11.5 Å². The number of hydrogen-bond donors (Lipinski definition) is 2. The Balaban J connectivity index is 2.80. The molecule has 0 radical (unpaired) electrons. The van der Waals surface area contributed by atoms with E-state index in [-0.39, 0.29) is 5.41 Å². The van der Waals surface area contributed by atoms with E-state index in [1.54, 1.807) is 0 Å². The Morgan fingerprint density at radius 2 is 1.59 bits per heavy atom. The van der Waals surface area contributed by atoms with Crippen molar-refractivity contribution < 1.29 is 0 Å². The highest BCUT2D eigenvalue weighted by Crippen LogP contribution is 2.47. The second-order valence-electron chi connectivity index (χ2n) is 5.73. The Morgan fingerprint density at radius 3 is 2.12 bits per heavy atom. The van der Waals surface area contributed by atoms with Crippen LogP contribution in [0.5, 0.6) is 0 Å². The predicted molar refractivity (Wildman–Crippen MR) is 75.4 cm³/mol. The zero-order valence-electron chi connectivity index (χ0n) is 11.5. The van der Waals surface area contributed by atoms with Gasteiger partial charge in [-0.1, -0.05) is 27.7 Å². The molecule has 94 valence electrons. The van der Waals surface area contributed by atoms with Crippen LogP contribution in [0.4, 0.5) is 11.4 Å². The van der Waals surface area contributed by atoms with Gasteiger partial charge in [-0.3, -0.25) is 0 Å². The molecule has 0 unspecified atom stereocenters. The van der Waals surface area contributed by atoms with Gasteiger partial charge < -0.3 is 11.5 Å². The number of nitrogens with two attached hydrogens (primary N) is 2. The normalized spacial score (nSPS) is 17.2. The van der Waals surface area contributed by atoms with E-state index in [4.69, 9.17) is 11.5 Å². The van der Waals surface area contributed by atoms with E-state index in [1.807, 2.05) is 0 Å². The number of anilines is 2. The number of nitrogen functional groups attached to an aromatic ring is 2. The summed E-state index contributed by atoms with van der Waals surface area (Å²) in [5, 5.41) is 0. The zero-order chi connectivity index (χ0) is 12.8. The summed E-state index contributed by atoms with van der Waals surface area (Å²) < 4.78 is 0. The van der Waals surface area contributed by atoms with Gasteiger partial charge in [0.1, 0.15) is 0 Å². The number of hydrogen-bond acceptors (Lipinski definition) is 2. The fourth-order valence-electron chi connectivity index (χ4n) is 3.35. The molecule has 0 atom stereocenters. The van der Waals surface area contributed by atoms with Gasteiger partial charge >= 0.3 is 0 Å². The summed E-state index contributed by atoms with van der Waals surface area (Å²) in [4.78, 5) is 0. The number of fused-ring (bicyclic) bond motifs is 1. The highest BCUT2D eigenvalue weighted by molar-refractivity contribution is 5.74. The van der Waals surface area contributed by atoms with Crippen molar-refractivity contribution in [3.05, 3.63) is 22.3 Å². The molecule has 1 aliphatic rings. The molecule has 0 bridgehead atoms. The van der Waals surface area contributed by atoms with Crippen molar-refractivity contribution >= 4 is 11.4 Å². The highest BCUT2D eigenvalue weighted by Gasteiger charge is 2.35. The molecule has 17 heavy (non-hydrogen) atoms. The fourth-order valence-corrected chi connectivity index (χ4v) is 3.35. The van der Waals surface area contributed by atoms with E-state index < -0.39 is 0 Å². The van der Waals surface area contributed by atoms with Gasteiger partial charge in [0.25, 0.3) is 0 Å². The van der Waals surface area contributed by atoms with Crippen molar-refractivity contribution in [1.82, 2.24) is 0 Å². The molecule has 1 aromatic rings. The average molecular weight is 232 g/mol. The lowest BCUT2D eigenvalue weighted by molar-refractivity contribution is 0.523. The molecule has 0 aliphatic heterocycles. The summed E-state index contributed by atoms with van der Waals surface area (Å²) in [5.41, 5.74) is 20.1. The Labute approximate surface area is 104 Å². The first-order valence-electron chi connectivity index (χ1n) is 6.66. The van der Waals surface area contributed by atoms with Crippen LogP contribution in [-0.2, 0) is 24.7 Å². The molecule has 0 fully saturated rings. The van der Waals surface area contributed by atoms with Gasteiger partial charge in [-0.15, -0.1) is 0 Å². The standard InChI is InChI=1S/C15H24N2/c1-5-9-11-7-8-15(3,4)12(11)14(17)10(6-2)13(9)16/h5-8,16-17H2,1-4H3. The van der Waals surface area contributed by atoms with E-state index in [1.165, 1.54) is 23.1 Å². The summed E-state index contributed by atoms with van der Waals surface area (Å²) >= 11 is 0. The first kappa shape index (κ1) is 12.3. The lowest BCUT2D eigenvalue weighted by atomic mass is 9.82. The van der Waals surface area contributed by atoms with E-state index in [0.717, 1.165) is 36.2 Å². The summed E-state index contributed by atoms with van der Waals surface area (Å²) in [6, 6.07) is 0. The molecule has 2 rings (SSSR count). The number of benzene rings is 1.